The summed E-state index contributed by atoms with van der Waals surface area (Å²) in [5.74, 6) is -25.5. The van der Waals surface area contributed by atoms with Crippen LogP contribution < -0.4 is 85.9 Å². The van der Waals surface area contributed by atoms with Crippen LogP contribution in [-0.2, 0) is 104 Å². The van der Waals surface area contributed by atoms with Gasteiger partial charge in [0.2, 0.25) is 88.6 Å². The van der Waals surface area contributed by atoms with Gasteiger partial charge >= 0.3 is 23.9 Å². The predicted molar refractivity (Wildman–Crippen MR) is 400 cm³/mol. The first-order valence-electron chi connectivity index (χ1n) is 36.9. The maximum absolute atomic E-state index is 14.9. The normalized spacial score (nSPS) is 20.4. The van der Waals surface area contributed by atoms with E-state index < -0.39 is 250 Å². The van der Waals surface area contributed by atoms with E-state index >= 15 is 0 Å². The van der Waals surface area contributed by atoms with Crippen molar-refractivity contribution in [1.82, 2.24) is 84.4 Å². The SMILES string of the molecule is CCCCCCCCCC(=O)N[C@H](Cc1c[nH]c2ccccc12)C(=O)N[C@H](CC(N)=O)C(=O)N[C@@H](CC(=O)O)C(=O)N[C@H]1CNC(=O)[C@@H](Cc2c[nH]c3ccccc23)NC(=O)[C@@H](CCC(=O)O)NC(=O)[C@H](CO)NC(=O)CNC(=O)[C@@H](CC(=O)O)NC(=O)[C@H](C)NC(=O)[C@@H](CC(=O)O)NC(=O)[C@@H](CCCCN)NC(=O)CNC1=O. The number of aromatic amines is 2. The van der Waals surface area contributed by atoms with E-state index in [4.69, 9.17) is 11.5 Å². The van der Waals surface area contributed by atoms with Crippen LogP contribution in [-0.4, -0.2) is 247 Å². The molecule has 42 heteroatoms. The van der Waals surface area contributed by atoms with Crippen LogP contribution in [0.4, 0.5) is 0 Å². The molecule has 1 aliphatic rings. The fourth-order valence-electron chi connectivity index (χ4n) is 11.9. The molecule has 5 rings (SSSR count). The highest BCUT2D eigenvalue weighted by molar-refractivity contribution is 6.02. The monoisotopic (exact) mass is 1600 g/mol. The molecule has 0 bridgehead atoms. The van der Waals surface area contributed by atoms with Crippen LogP contribution in [0.2, 0.25) is 0 Å². The quantitative estimate of drug-likeness (QED) is 0.0191. The van der Waals surface area contributed by atoms with Gasteiger partial charge in [0.1, 0.15) is 66.5 Å². The van der Waals surface area contributed by atoms with E-state index in [9.17, 15) is 117 Å². The molecule has 0 spiro atoms. The van der Waals surface area contributed by atoms with Crippen LogP contribution in [0.1, 0.15) is 134 Å². The Hall–Kier alpha value is -12.6. The highest BCUT2D eigenvalue weighted by Gasteiger charge is 2.38. The first-order valence-corrected chi connectivity index (χ1v) is 36.9. The summed E-state index contributed by atoms with van der Waals surface area (Å²) in [7, 11) is 0. The van der Waals surface area contributed by atoms with Crippen LogP contribution in [0.3, 0.4) is 0 Å². The van der Waals surface area contributed by atoms with Crippen molar-refractivity contribution in [2.75, 3.05) is 32.8 Å². The van der Waals surface area contributed by atoms with Crippen LogP contribution in [0.15, 0.2) is 60.9 Å². The molecule has 2 aromatic heterocycles. The maximum Gasteiger partial charge on any atom is 0.305 e. The summed E-state index contributed by atoms with van der Waals surface area (Å²) in [5, 5.41) is 82.2. The molecule has 2 aromatic carbocycles. The van der Waals surface area contributed by atoms with Gasteiger partial charge in [-0.2, -0.15) is 0 Å². The Labute approximate surface area is 651 Å². The number of carboxylic acid groups (broad SMARTS) is 4. The van der Waals surface area contributed by atoms with Crippen LogP contribution in [0.5, 0.6) is 0 Å². The summed E-state index contributed by atoms with van der Waals surface area (Å²) in [6.45, 7) is -1.50. The second-order valence-corrected chi connectivity index (χ2v) is 27.1. The number of aliphatic hydroxyl groups is 1. The minimum atomic E-state index is -2.29. The van der Waals surface area contributed by atoms with E-state index in [1.807, 2.05) is 5.32 Å². The molecule has 11 atom stereocenters. The Balaban J connectivity index is 1.57. The number of aromatic nitrogens is 2. The number of hydrogen-bond donors (Lipinski definition) is 23. The average molecular weight is 1600 g/mol. The molecule has 0 aliphatic carbocycles. The lowest BCUT2D eigenvalue weighted by molar-refractivity contribution is -0.142. The highest BCUT2D eigenvalue weighted by atomic mass is 16.4. The largest absolute Gasteiger partial charge is 0.481 e. The van der Waals surface area contributed by atoms with Crippen molar-refractivity contribution in [2.24, 2.45) is 11.5 Å². The summed E-state index contributed by atoms with van der Waals surface area (Å²) < 4.78 is 0. The molecule has 42 nitrogen and oxygen atoms in total. The van der Waals surface area contributed by atoms with E-state index in [-0.39, 0.29) is 38.6 Å². The molecule has 3 heterocycles. The molecule has 0 unspecified atom stereocenters. The molecule has 15 amide bonds. The third kappa shape index (κ3) is 31.3. The Morgan fingerprint density at radius 2 is 0.965 bits per heavy atom. The minimum Gasteiger partial charge on any atom is -0.481 e. The number of para-hydroxylation sites is 2. The van der Waals surface area contributed by atoms with Gasteiger partial charge in [-0.3, -0.25) is 91.1 Å². The van der Waals surface area contributed by atoms with Crippen molar-refractivity contribution in [2.45, 2.75) is 202 Å². The van der Waals surface area contributed by atoms with Gasteiger partial charge in [0.15, 0.2) is 0 Å². The van der Waals surface area contributed by atoms with Crippen molar-refractivity contribution < 1.29 is 117 Å². The fourth-order valence-corrected chi connectivity index (χ4v) is 11.9. The summed E-state index contributed by atoms with van der Waals surface area (Å²) in [5.41, 5.74) is 13.3. The smallest absolute Gasteiger partial charge is 0.305 e. The highest BCUT2D eigenvalue weighted by Crippen LogP contribution is 2.22. The molecular weight excluding hydrogens is 1500 g/mol. The van der Waals surface area contributed by atoms with E-state index in [1.165, 1.54) is 6.20 Å². The van der Waals surface area contributed by atoms with E-state index in [0.29, 0.717) is 45.8 Å². The van der Waals surface area contributed by atoms with Gasteiger partial charge in [0.05, 0.1) is 45.4 Å². The second kappa shape index (κ2) is 46.9. The summed E-state index contributed by atoms with van der Waals surface area (Å²) in [6.07, 6.45) is 2.13. The number of rotatable bonds is 35. The lowest BCUT2D eigenvalue weighted by atomic mass is 10.0. The zero-order valence-electron chi connectivity index (χ0n) is 62.7. The van der Waals surface area contributed by atoms with Crippen molar-refractivity contribution in [1.29, 1.82) is 0 Å². The fraction of sp³-hybridized carbons (Fsp3) is 0.514. The molecule has 1 saturated heterocycles. The number of benzene rings is 2. The van der Waals surface area contributed by atoms with Crippen molar-refractivity contribution in [3.63, 3.8) is 0 Å². The Kier molecular flexibility index (Phi) is 37.8. The van der Waals surface area contributed by atoms with Gasteiger partial charge in [0, 0.05) is 66.4 Å². The standard InChI is InChI=1S/C72H100N18O24/c1-3-4-5-6-7-8-9-21-55(93)82-47(26-39-32-76-43-19-13-11-17-41(39)43)69(111)87-48(27-54(74)92)70(112)89-51(30-61(102)103)71(113)90-52-33-77-63(105)46(25-38-31-75-42-18-12-10-16-40(38)42)86-67(109)45(22-23-58(96)97)84-72(114)53(36-91)83-57(95)35-78-64(106)49(28-59(98)99)85-62(104)37(2)80-68(110)50(29-60(100)101)88-66(108)44(20-14-15-24-73)81-56(94)34-79-65(52)107/h10-13,16-19,31-32,37,44-53,75-76,91H,3-9,14-15,20-30,33-36,73H2,1-2H3,(H2,74,92)(H,77,105)(H,78,106)(H,79,107)(H,80,110)(H,81,94)(H,82,93)(H,83,95)(H,84,114)(H,85,104)(H,86,109)(H,87,111)(H,88,108)(H,89,112)(H,90,113)(H,96,97)(H,98,99)(H,100,101)(H,102,103)/t37-,44+,45+,46+,47+,48+,49+,50+,51-,52-,53-/m0/s1. The number of H-pyrrole nitrogens is 2. The molecule has 1 aliphatic heterocycles. The molecular formula is C72H100N18O24. The second-order valence-electron chi connectivity index (χ2n) is 27.1. The van der Waals surface area contributed by atoms with E-state index in [0.717, 1.165) is 39.0 Å². The van der Waals surface area contributed by atoms with Gasteiger partial charge < -0.3 is 121 Å². The minimum absolute atomic E-state index is 0.00366. The van der Waals surface area contributed by atoms with Gasteiger partial charge in [-0.25, -0.2) is 0 Å². The predicted octanol–water partition coefficient (Wildman–Crippen LogP) is -5.42. The Morgan fingerprint density at radius 1 is 0.474 bits per heavy atom. The number of fused-ring (bicyclic) bond motifs is 2. The van der Waals surface area contributed by atoms with Crippen LogP contribution >= 0.6 is 0 Å². The Morgan fingerprint density at radius 3 is 1.54 bits per heavy atom. The summed E-state index contributed by atoms with van der Waals surface area (Å²) in [4.78, 5) is 264. The average Bonchev–Trinajstić information content (AvgIpc) is 1.69. The van der Waals surface area contributed by atoms with Crippen molar-refractivity contribution >= 4 is 134 Å². The number of aliphatic carboxylic acids is 4. The molecule has 25 N–H and O–H groups in total. The number of nitrogens with two attached hydrogens (primary N) is 2. The zero-order valence-corrected chi connectivity index (χ0v) is 62.7. The van der Waals surface area contributed by atoms with Gasteiger partial charge in [-0.1, -0.05) is 81.8 Å². The summed E-state index contributed by atoms with van der Waals surface area (Å²) >= 11 is 0. The first kappa shape index (κ1) is 92.0. The van der Waals surface area contributed by atoms with E-state index in [2.05, 4.69) is 86.0 Å². The topological polar surface area (TPSA) is 678 Å². The number of unbranched alkanes of at least 4 members (excludes halogenated alkanes) is 7. The summed E-state index contributed by atoms with van der Waals surface area (Å²) in [6, 6.07) is -7.81. The van der Waals surface area contributed by atoms with E-state index in [1.54, 1.807) is 54.7 Å². The van der Waals surface area contributed by atoms with Crippen molar-refractivity contribution in [3.8, 4) is 0 Å². The molecule has 114 heavy (non-hydrogen) atoms. The number of amides is 15. The van der Waals surface area contributed by atoms with Crippen LogP contribution in [0.25, 0.3) is 21.8 Å². The number of aliphatic hydroxyl groups excluding tert-OH is 1. The molecule has 0 saturated carbocycles. The third-order valence-electron chi connectivity index (χ3n) is 18.0. The first-order chi connectivity index (χ1) is 54.2. The number of carbonyl (C=O) groups is 19. The number of carbonyl (C=O) groups excluding carboxylic acids is 15. The molecule has 4 aromatic rings. The number of hydrogen-bond acceptors (Lipinski definition) is 21. The Bertz CT molecular complexity index is 4130. The van der Waals surface area contributed by atoms with Crippen LogP contribution in [0, 0.1) is 0 Å². The molecule has 622 valence electrons. The number of primary amides is 1. The van der Waals surface area contributed by atoms with Crippen molar-refractivity contribution in [3.05, 3.63) is 72.1 Å². The molecule has 1 fully saturated rings. The lowest BCUT2D eigenvalue weighted by Gasteiger charge is -2.27. The number of carboxylic acids is 4. The van der Waals surface area contributed by atoms with Gasteiger partial charge in [0.25, 0.3) is 0 Å². The maximum atomic E-state index is 14.9. The molecule has 0 radical (unpaired) electrons. The number of nitrogens with one attached hydrogen (secondary N) is 16. The lowest BCUT2D eigenvalue weighted by Crippen LogP contribution is -2.61. The van der Waals surface area contributed by atoms with Gasteiger partial charge in [-0.15, -0.1) is 0 Å². The zero-order chi connectivity index (χ0) is 84.1. The third-order valence-corrected chi connectivity index (χ3v) is 18.0. The van der Waals surface area contributed by atoms with Gasteiger partial charge in [-0.05, 0) is 68.8 Å².